The molecule has 1 N–H and O–H groups in total. The summed E-state index contributed by atoms with van der Waals surface area (Å²) in [6.07, 6.45) is 0. The van der Waals surface area contributed by atoms with Gasteiger partial charge in [-0.1, -0.05) is 36.4 Å². The van der Waals surface area contributed by atoms with Crippen LogP contribution in [0.5, 0.6) is 0 Å². The number of hydrazine groups is 1. The fraction of sp³-hybridized carbons (Fsp3) is 0. The van der Waals surface area contributed by atoms with E-state index in [9.17, 15) is 0 Å². The van der Waals surface area contributed by atoms with Gasteiger partial charge in [-0.15, -0.1) is 0 Å². The number of nitrogens with one attached hydrogen (secondary N) is 1. The zero-order valence-corrected chi connectivity index (χ0v) is 12.4. The van der Waals surface area contributed by atoms with E-state index >= 15 is 0 Å². The van der Waals surface area contributed by atoms with Crippen molar-refractivity contribution in [3.8, 4) is 0 Å². The summed E-state index contributed by atoms with van der Waals surface area (Å²) < 4.78 is 3.85. The summed E-state index contributed by atoms with van der Waals surface area (Å²) in [5.41, 5.74) is 5.16. The summed E-state index contributed by atoms with van der Waals surface area (Å²) in [6, 6.07) is 19.9. The number of thiocarbonyl (C=S) groups is 1. The van der Waals surface area contributed by atoms with Crippen LogP contribution >= 0.6 is 31.0 Å². The summed E-state index contributed by atoms with van der Waals surface area (Å²) >= 11 is 12.0. The van der Waals surface area contributed by atoms with Crippen molar-refractivity contribution < 1.29 is 0 Å². The van der Waals surface area contributed by atoms with E-state index in [1.807, 2.05) is 70.1 Å². The Balaban J connectivity index is 1.92. The van der Waals surface area contributed by atoms with Gasteiger partial charge in [0.15, 0.2) is 5.11 Å². The van der Waals surface area contributed by atoms with Gasteiger partial charge in [0.05, 0.1) is 5.69 Å². The molecule has 1 aliphatic heterocycles. The van der Waals surface area contributed by atoms with Gasteiger partial charge >= 0.3 is 0 Å². The molecular weight excluding hydrogens is 297 g/mol. The topological polar surface area (TPSA) is 18.5 Å². The summed E-state index contributed by atoms with van der Waals surface area (Å²) in [4.78, 5) is 0. The highest BCUT2D eigenvalue weighted by Crippen LogP contribution is 2.55. The Labute approximate surface area is 123 Å². The predicted octanol–water partition coefficient (Wildman–Crippen LogP) is 4.27. The van der Waals surface area contributed by atoms with Gasteiger partial charge in [0, 0.05) is 5.69 Å². The van der Waals surface area contributed by atoms with Crippen LogP contribution in [-0.4, -0.2) is 5.11 Å². The number of anilines is 2. The van der Waals surface area contributed by atoms with Gasteiger partial charge in [0.25, 0.3) is 0 Å². The van der Waals surface area contributed by atoms with E-state index in [4.69, 9.17) is 23.5 Å². The second-order valence-electron chi connectivity index (χ2n) is 3.95. The van der Waals surface area contributed by atoms with Crippen molar-refractivity contribution in [2.45, 2.75) is 0 Å². The Kier molecular flexibility index (Phi) is 3.56. The minimum atomic E-state index is -1.10. The molecule has 1 aliphatic rings. The third kappa shape index (κ3) is 2.39. The van der Waals surface area contributed by atoms with E-state index in [2.05, 4.69) is 5.43 Å². The molecule has 19 heavy (non-hydrogen) atoms. The fourth-order valence-corrected chi connectivity index (χ4v) is 4.55. The van der Waals surface area contributed by atoms with Crippen LogP contribution in [0.25, 0.3) is 0 Å². The first-order valence-corrected chi connectivity index (χ1v) is 8.30. The third-order valence-electron chi connectivity index (χ3n) is 2.73. The first-order valence-electron chi connectivity index (χ1n) is 5.74. The molecule has 2 aromatic carbocycles. The minimum absolute atomic E-state index is 0.621. The third-order valence-corrected chi connectivity index (χ3v) is 5.46. The molecule has 3 rings (SSSR count). The Morgan fingerprint density at radius 3 is 2.00 bits per heavy atom. The number of hydrogen-bond acceptors (Lipinski definition) is 2. The standard InChI is InChI=1S/C13H11ClN3PS/c14-18-16(11-7-3-1-4-8-11)13(19)15-17(18)12-9-5-2-6-10-12/h1-10H,(H,15,19). The molecule has 1 unspecified atom stereocenters. The lowest BCUT2D eigenvalue weighted by molar-refractivity contribution is 1.05. The monoisotopic (exact) mass is 307 g/mol. The zero-order chi connectivity index (χ0) is 13.2. The maximum absolute atomic E-state index is 6.57. The average Bonchev–Trinajstić information content (AvgIpc) is 2.76. The van der Waals surface area contributed by atoms with Gasteiger partial charge < -0.3 is 0 Å². The lowest BCUT2D eigenvalue weighted by atomic mass is 10.3. The highest BCUT2D eigenvalue weighted by molar-refractivity contribution is 7.90. The quantitative estimate of drug-likeness (QED) is 0.659. The molecule has 0 bridgehead atoms. The van der Waals surface area contributed by atoms with Crippen LogP contribution in [0.1, 0.15) is 0 Å². The number of halogens is 1. The summed E-state index contributed by atoms with van der Waals surface area (Å²) in [5, 5.41) is 0.621. The van der Waals surface area contributed by atoms with E-state index in [0.717, 1.165) is 11.4 Å². The lowest BCUT2D eigenvalue weighted by Gasteiger charge is -2.23. The van der Waals surface area contributed by atoms with Crippen LogP contribution in [0, 0.1) is 0 Å². The van der Waals surface area contributed by atoms with Crippen LogP contribution in [0.3, 0.4) is 0 Å². The second-order valence-corrected chi connectivity index (χ2v) is 6.53. The number of hydrogen-bond donors (Lipinski definition) is 1. The van der Waals surface area contributed by atoms with Gasteiger partial charge in [0.2, 0.25) is 7.58 Å². The molecule has 1 saturated heterocycles. The van der Waals surface area contributed by atoms with Crippen molar-refractivity contribution in [1.29, 1.82) is 0 Å². The zero-order valence-electron chi connectivity index (χ0n) is 9.90. The van der Waals surface area contributed by atoms with Gasteiger partial charge in [-0.2, -0.15) is 0 Å². The Bertz CT molecular complexity index is 581. The summed E-state index contributed by atoms with van der Waals surface area (Å²) in [7, 11) is -1.10. The van der Waals surface area contributed by atoms with Crippen molar-refractivity contribution in [2.24, 2.45) is 0 Å². The Morgan fingerprint density at radius 2 is 1.42 bits per heavy atom. The highest BCUT2D eigenvalue weighted by Gasteiger charge is 2.35. The number of nitrogens with zero attached hydrogens (tertiary/aromatic N) is 2. The van der Waals surface area contributed by atoms with E-state index in [1.165, 1.54) is 0 Å². The van der Waals surface area contributed by atoms with Crippen molar-refractivity contribution in [2.75, 3.05) is 9.45 Å². The van der Waals surface area contributed by atoms with E-state index in [1.54, 1.807) is 0 Å². The minimum Gasteiger partial charge on any atom is -0.267 e. The van der Waals surface area contributed by atoms with Crippen molar-refractivity contribution >= 4 is 47.5 Å². The molecule has 6 heteroatoms. The lowest BCUT2D eigenvalue weighted by Crippen LogP contribution is -2.31. The van der Waals surface area contributed by atoms with E-state index in [-0.39, 0.29) is 0 Å². The highest BCUT2D eigenvalue weighted by atomic mass is 35.7. The second kappa shape index (κ2) is 5.33. The molecule has 0 spiro atoms. The van der Waals surface area contributed by atoms with Gasteiger partial charge in [-0.05, 0) is 47.7 Å². The molecule has 1 heterocycles. The average molecular weight is 308 g/mol. The Hall–Kier alpha value is -1.35. The molecule has 96 valence electrons. The first-order chi connectivity index (χ1) is 9.27. The van der Waals surface area contributed by atoms with Crippen LogP contribution in [-0.2, 0) is 0 Å². The largest absolute Gasteiger partial charge is 0.267 e. The van der Waals surface area contributed by atoms with Crippen LogP contribution in [0.2, 0.25) is 0 Å². The van der Waals surface area contributed by atoms with E-state index < -0.39 is 7.58 Å². The van der Waals surface area contributed by atoms with E-state index in [0.29, 0.717) is 5.11 Å². The van der Waals surface area contributed by atoms with Crippen molar-refractivity contribution in [3.63, 3.8) is 0 Å². The smallest absolute Gasteiger partial charge is 0.224 e. The maximum atomic E-state index is 6.57. The molecule has 1 fully saturated rings. The van der Waals surface area contributed by atoms with Crippen LogP contribution < -0.4 is 14.9 Å². The van der Waals surface area contributed by atoms with Crippen LogP contribution in [0.4, 0.5) is 11.4 Å². The van der Waals surface area contributed by atoms with Crippen molar-refractivity contribution in [1.82, 2.24) is 5.43 Å². The Morgan fingerprint density at radius 1 is 0.895 bits per heavy atom. The summed E-state index contributed by atoms with van der Waals surface area (Å²) in [5.74, 6) is 0. The molecule has 0 amide bonds. The molecule has 1 atom stereocenters. The number of benzene rings is 2. The molecule has 2 aromatic rings. The van der Waals surface area contributed by atoms with Gasteiger partial charge in [-0.25, -0.2) is 4.78 Å². The molecule has 0 radical (unpaired) electrons. The molecule has 0 saturated carbocycles. The van der Waals surface area contributed by atoms with Gasteiger partial charge in [0.1, 0.15) is 0 Å². The number of para-hydroxylation sites is 2. The van der Waals surface area contributed by atoms with Gasteiger partial charge in [-0.3, -0.25) is 10.1 Å². The maximum Gasteiger partial charge on any atom is 0.224 e. The normalized spacial score (nSPS) is 18.6. The van der Waals surface area contributed by atoms with Crippen molar-refractivity contribution in [3.05, 3.63) is 60.7 Å². The predicted molar refractivity (Wildman–Crippen MR) is 86.3 cm³/mol. The SMILES string of the molecule is S=C1NN(c2ccccc2)P(Cl)N1c1ccccc1. The fourth-order valence-electron chi connectivity index (χ4n) is 1.85. The summed E-state index contributed by atoms with van der Waals surface area (Å²) in [6.45, 7) is 0. The first kappa shape index (κ1) is 12.7. The number of rotatable bonds is 2. The molecular formula is C13H11ClN3PS. The van der Waals surface area contributed by atoms with Crippen LogP contribution in [0.15, 0.2) is 60.7 Å². The molecule has 0 aliphatic carbocycles. The molecule has 3 nitrogen and oxygen atoms in total. The molecule has 0 aromatic heterocycles.